The summed E-state index contributed by atoms with van der Waals surface area (Å²) in [7, 11) is 0. The molecule has 1 heterocycles. The molecule has 4 nitrogen and oxygen atoms in total. The first-order valence-electron chi connectivity index (χ1n) is 7.82. The van der Waals surface area contributed by atoms with E-state index in [9.17, 15) is 4.79 Å². The fraction of sp³-hybridized carbons (Fsp3) is 0.389. The van der Waals surface area contributed by atoms with Crippen LogP contribution in [0.4, 0.5) is 11.4 Å². The molecule has 1 aromatic carbocycles. The van der Waals surface area contributed by atoms with Gasteiger partial charge in [0.05, 0.1) is 0 Å². The van der Waals surface area contributed by atoms with Crippen molar-refractivity contribution in [2.75, 3.05) is 23.3 Å². The molecule has 0 saturated carbocycles. The fourth-order valence-corrected chi connectivity index (χ4v) is 2.64. The molecule has 0 bridgehead atoms. The van der Waals surface area contributed by atoms with Gasteiger partial charge in [0, 0.05) is 35.9 Å². The molecule has 0 radical (unpaired) electrons. The molecule has 4 heteroatoms. The highest BCUT2D eigenvalue weighted by Crippen LogP contribution is 2.18. The van der Waals surface area contributed by atoms with Gasteiger partial charge in [-0.05, 0) is 64.1 Å². The molecule has 22 heavy (non-hydrogen) atoms. The van der Waals surface area contributed by atoms with E-state index >= 15 is 0 Å². The van der Waals surface area contributed by atoms with Crippen LogP contribution in [0.25, 0.3) is 0 Å². The number of aryl methyl sites for hydroxylation is 2. The van der Waals surface area contributed by atoms with E-state index in [2.05, 4.69) is 36.2 Å². The van der Waals surface area contributed by atoms with E-state index in [0.29, 0.717) is 6.54 Å². The Labute approximate surface area is 132 Å². The first-order valence-corrected chi connectivity index (χ1v) is 7.82. The van der Waals surface area contributed by atoms with Gasteiger partial charge < -0.3 is 14.8 Å². The zero-order chi connectivity index (χ0) is 16.1. The average Bonchev–Trinajstić information content (AvgIpc) is 2.82. The van der Waals surface area contributed by atoms with Gasteiger partial charge in [0.25, 0.3) is 0 Å². The van der Waals surface area contributed by atoms with Crippen molar-refractivity contribution in [1.82, 2.24) is 4.57 Å². The molecular formula is C18H25N3O. The minimum absolute atomic E-state index is 0.00186. The predicted molar refractivity (Wildman–Crippen MR) is 92.5 cm³/mol. The Hall–Kier alpha value is -2.23. The van der Waals surface area contributed by atoms with Crippen molar-refractivity contribution in [2.24, 2.45) is 0 Å². The molecule has 0 aliphatic rings. The Morgan fingerprint density at radius 2 is 1.55 bits per heavy atom. The Bertz CT molecular complexity index is 605. The van der Waals surface area contributed by atoms with Gasteiger partial charge >= 0.3 is 0 Å². The number of carbonyl (C=O) groups excluding carboxylic acids is 1. The second-order valence-corrected chi connectivity index (χ2v) is 5.47. The SMILES string of the molecule is CCN(CC)c1ccc(NC(=O)Cn2c(C)ccc2C)cc1. The van der Waals surface area contributed by atoms with E-state index in [1.54, 1.807) is 0 Å². The van der Waals surface area contributed by atoms with Crippen molar-refractivity contribution in [1.29, 1.82) is 0 Å². The first kappa shape index (κ1) is 16.1. The quantitative estimate of drug-likeness (QED) is 0.885. The lowest BCUT2D eigenvalue weighted by molar-refractivity contribution is -0.116. The number of aromatic nitrogens is 1. The number of carbonyl (C=O) groups is 1. The molecule has 0 unspecified atom stereocenters. The molecule has 0 fully saturated rings. The normalized spacial score (nSPS) is 10.5. The summed E-state index contributed by atoms with van der Waals surface area (Å²) in [6, 6.07) is 12.1. The van der Waals surface area contributed by atoms with Gasteiger partial charge in [0.1, 0.15) is 6.54 Å². The minimum Gasteiger partial charge on any atom is -0.372 e. The first-order chi connectivity index (χ1) is 10.5. The summed E-state index contributed by atoms with van der Waals surface area (Å²) in [4.78, 5) is 14.4. The zero-order valence-corrected chi connectivity index (χ0v) is 13.9. The van der Waals surface area contributed by atoms with Crippen LogP contribution in [-0.2, 0) is 11.3 Å². The van der Waals surface area contributed by atoms with Crippen LogP contribution in [0.3, 0.4) is 0 Å². The maximum Gasteiger partial charge on any atom is 0.244 e. The Morgan fingerprint density at radius 3 is 2.05 bits per heavy atom. The lowest BCUT2D eigenvalue weighted by Gasteiger charge is -2.21. The summed E-state index contributed by atoms with van der Waals surface area (Å²) in [5.41, 5.74) is 4.22. The highest BCUT2D eigenvalue weighted by molar-refractivity contribution is 5.90. The van der Waals surface area contributed by atoms with Crippen LogP contribution in [-0.4, -0.2) is 23.6 Å². The molecule has 0 aliphatic carbocycles. The third kappa shape index (κ3) is 3.70. The molecule has 0 spiro atoms. The maximum absolute atomic E-state index is 12.2. The highest BCUT2D eigenvalue weighted by atomic mass is 16.1. The third-order valence-corrected chi connectivity index (χ3v) is 4.00. The largest absolute Gasteiger partial charge is 0.372 e. The van der Waals surface area contributed by atoms with Crippen LogP contribution < -0.4 is 10.2 Å². The lowest BCUT2D eigenvalue weighted by Crippen LogP contribution is -2.22. The van der Waals surface area contributed by atoms with Gasteiger partial charge in [0.15, 0.2) is 0 Å². The topological polar surface area (TPSA) is 37.3 Å². The summed E-state index contributed by atoms with van der Waals surface area (Å²) in [5.74, 6) is -0.00186. The number of amides is 1. The molecular weight excluding hydrogens is 274 g/mol. The zero-order valence-electron chi connectivity index (χ0n) is 13.9. The Kier molecular flexibility index (Phi) is 5.26. The molecule has 0 aliphatic heterocycles. The van der Waals surface area contributed by atoms with Crippen LogP contribution >= 0.6 is 0 Å². The van der Waals surface area contributed by atoms with Crippen molar-refractivity contribution < 1.29 is 4.79 Å². The van der Waals surface area contributed by atoms with Gasteiger partial charge in [-0.2, -0.15) is 0 Å². The van der Waals surface area contributed by atoms with Crippen molar-refractivity contribution in [2.45, 2.75) is 34.2 Å². The number of anilines is 2. The Morgan fingerprint density at radius 1 is 1.00 bits per heavy atom. The molecule has 2 aromatic rings. The number of hydrogen-bond donors (Lipinski definition) is 1. The van der Waals surface area contributed by atoms with Gasteiger partial charge in [-0.15, -0.1) is 0 Å². The van der Waals surface area contributed by atoms with Crippen LogP contribution in [0.2, 0.25) is 0 Å². The third-order valence-electron chi connectivity index (χ3n) is 4.00. The standard InChI is InChI=1S/C18H25N3O/c1-5-20(6-2)17-11-9-16(10-12-17)19-18(22)13-21-14(3)7-8-15(21)4/h7-12H,5-6,13H2,1-4H3,(H,19,22). The molecule has 118 valence electrons. The number of rotatable bonds is 6. The number of nitrogens with zero attached hydrogens (tertiary/aromatic N) is 2. The summed E-state index contributed by atoms with van der Waals surface area (Å²) < 4.78 is 2.01. The van der Waals surface area contributed by atoms with E-state index in [1.807, 2.05) is 42.7 Å². The van der Waals surface area contributed by atoms with Crippen LogP contribution in [0.1, 0.15) is 25.2 Å². The number of benzene rings is 1. The molecule has 2 rings (SSSR count). The van der Waals surface area contributed by atoms with Crippen LogP contribution in [0.5, 0.6) is 0 Å². The lowest BCUT2D eigenvalue weighted by atomic mass is 10.2. The molecule has 1 aromatic heterocycles. The molecule has 1 N–H and O–H groups in total. The van der Waals surface area contributed by atoms with Crippen molar-refractivity contribution in [3.05, 3.63) is 47.8 Å². The van der Waals surface area contributed by atoms with Gasteiger partial charge in [-0.25, -0.2) is 0 Å². The summed E-state index contributed by atoms with van der Waals surface area (Å²) in [6.45, 7) is 10.6. The molecule has 0 atom stereocenters. The Balaban J connectivity index is 2.00. The van der Waals surface area contributed by atoms with Gasteiger partial charge in [-0.3, -0.25) is 4.79 Å². The van der Waals surface area contributed by atoms with E-state index < -0.39 is 0 Å². The summed E-state index contributed by atoms with van der Waals surface area (Å²) in [5, 5.41) is 2.96. The predicted octanol–water partition coefficient (Wildman–Crippen LogP) is 3.59. The van der Waals surface area contributed by atoms with E-state index in [4.69, 9.17) is 0 Å². The van der Waals surface area contributed by atoms with Crippen LogP contribution in [0, 0.1) is 13.8 Å². The summed E-state index contributed by atoms with van der Waals surface area (Å²) >= 11 is 0. The maximum atomic E-state index is 12.2. The molecule has 0 saturated heterocycles. The van der Waals surface area contributed by atoms with E-state index in [-0.39, 0.29) is 5.91 Å². The van der Waals surface area contributed by atoms with Crippen molar-refractivity contribution >= 4 is 17.3 Å². The van der Waals surface area contributed by atoms with Gasteiger partial charge in [0.2, 0.25) is 5.91 Å². The van der Waals surface area contributed by atoms with Crippen molar-refractivity contribution in [3.8, 4) is 0 Å². The molecule has 1 amide bonds. The second kappa shape index (κ2) is 7.16. The van der Waals surface area contributed by atoms with E-state index in [0.717, 1.165) is 30.2 Å². The summed E-state index contributed by atoms with van der Waals surface area (Å²) in [6.07, 6.45) is 0. The second-order valence-electron chi connectivity index (χ2n) is 5.47. The number of hydrogen-bond acceptors (Lipinski definition) is 2. The number of nitrogens with one attached hydrogen (secondary N) is 1. The average molecular weight is 299 g/mol. The smallest absolute Gasteiger partial charge is 0.244 e. The minimum atomic E-state index is -0.00186. The highest BCUT2D eigenvalue weighted by Gasteiger charge is 2.08. The fourth-order valence-electron chi connectivity index (χ4n) is 2.64. The van der Waals surface area contributed by atoms with Gasteiger partial charge in [-0.1, -0.05) is 0 Å². The monoisotopic (exact) mass is 299 g/mol. The van der Waals surface area contributed by atoms with Crippen LogP contribution in [0.15, 0.2) is 36.4 Å². The van der Waals surface area contributed by atoms with Crippen molar-refractivity contribution in [3.63, 3.8) is 0 Å². The van der Waals surface area contributed by atoms with E-state index in [1.165, 1.54) is 5.69 Å².